The van der Waals surface area contributed by atoms with Gasteiger partial charge in [-0.25, -0.2) is 0 Å². The molecule has 6 heteroatoms. The maximum atomic E-state index is 10.9. The summed E-state index contributed by atoms with van der Waals surface area (Å²) in [6.45, 7) is 3.20. The fraction of sp³-hybridized carbons (Fsp3) is 0.364. The second-order valence-corrected chi connectivity index (χ2v) is 4.11. The molecule has 0 N–H and O–H groups in total. The summed E-state index contributed by atoms with van der Waals surface area (Å²) in [5.41, 5.74) is -0.0958. The first-order valence-electron chi connectivity index (χ1n) is 5.00. The van der Waals surface area contributed by atoms with Gasteiger partial charge in [0.15, 0.2) is 0 Å². The van der Waals surface area contributed by atoms with Crippen LogP contribution in [0, 0.1) is 10.1 Å². The fourth-order valence-corrected chi connectivity index (χ4v) is 1.58. The van der Waals surface area contributed by atoms with Gasteiger partial charge in [-0.15, -0.1) is 0 Å². The number of nitro groups is 1. The monoisotopic (exact) mass is 257 g/mol. The molecule has 0 aromatic heterocycles. The molecule has 92 valence electrons. The minimum Gasteiger partial charge on any atom is -0.489 e. The molecule has 5 nitrogen and oxygen atoms in total. The van der Waals surface area contributed by atoms with Crippen molar-refractivity contribution < 1.29 is 14.5 Å². The lowest BCUT2D eigenvalue weighted by molar-refractivity contribution is -0.384. The second kappa shape index (κ2) is 5.63. The molecule has 1 atom stereocenters. The van der Waals surface area contributed by atoms with Crippen molar-refractivity contribution in [2.45, 2.75) is 26.4 Å². The number of nitro benzene ring substituents is 1. The number of ether oxygens (including phenoxy) is 1. The summed E-state index contributed by atoms with van der Waals surface area (Å²) in [6, 6.07) is 3.95. The summed E-state index contributed by atoms with van der Waals surface area (Å²) >= 11 is 5.84. The van der Waals surface area contributed by atoms with Crippen molar-refractivity contribution >= 4 is 23.1 Å². The Morgan fingerprint density at radius 2 is 2.24 bits per heavy atom. The van der Waals surface area contributed by atoms with E-state index in [1.165, 1.54) is 25.1 Å². The van der Waals surface area contributed by atoms with Crippen LogP contribution < -0.4 is 4.74 Å². The molecular weight excluding hydrogens is 246 g/mol. The lowest BCUT2D eigenvalue weighted by Crippen LogP contribution is -2.15. The molecule has 0 fully saturated rings. The van der Waals surface area contributed by atoms with Gasteiger partial charge >= 0.3 is 0 Å². The Morgan fingerprint density at radius 1 is 1.59 bits per heavy atom. The van der Waals surface area contributed by atoms with Crippen LogP contribution >= 0.6 is 11.6 Å². The van der Waals surface area contributed by atoms with E-state index in [1.54, 1.807) is 6.92 Å². The normalized spacial score (nSPS) is 11.9. The van der Waals surface area contributed by atoms with Gasteiger partial charge in [-0.2, -0.15) is 0 Å². The molecular formula is C11H12ClNO4. The van der Waals surface area contributed by atoms with E-state index in [9.17, 15) is 14.9 Å². The maximum Gasteiger partial charge on any atom is 0.271 e. The van der Waals surface area contributed by atoms with Crippen molar-refractivity contribution in [2.24, 2.45) is 0 Å². The van der Waals surface area contributed by atoms with E-state index < -0.39 is 4.92 Å². The number of benzene rings is 1. The van der Waals surface area contributed by atoms with Crippen molar-refractivity contribution in [1.29, 1.82) is 0 Å². The maximum absolute atomic E-state index is 10.9. The van der Waals surface area contributed by atoms with Crippen LogP contribution in [0.2, 0.25) is 5.02 Å². The number of carbonyl (C=O) groups excluding carboxylic acids is 1. The quantitative estimate of drug-likeness (QED) is 0.601. The summed E-state index contributed by atoms with van der Waals surface area (Å²) in [5.74, 6) is 0.349. The van der Waals surface area contributed by atoms with Crippen molar-refractivity contribution in [3.8, 4) is 5.75 Å². The van der Waals surface area contributed by atoms with Crippen LogP contribution in [0.1, 0.15) is 20.3 Å². The number of nitrogens with zero attached hydrogens (tertiary/aromatic N) is 1. The van der Waals surface area contributed by atoms with E-state index in [0.717, 1.165) is 0 Å². The summed E-state index contributed by atoms with van der Waals surface area (Å²) in [4.78, 5) is 20.8. The zero-order valence-corrected chi connectivity index (χ0v) is 10.2. The number of rotatable bonds is 5. The molecule has 0 bridgehead atoms. The molecule has 0 heterocycles. The second-order valence-electron chi connectivity index (χ2n) is 3.71. The lowest BCUT2D eigenvalue weighted by Gasteiger charge is -2.14. The minimum atomic E-state index is -0.533. The Kier molecular flexibility index (Phi) is 4.45. The van der Waals surface area contributed by atoms with Gasteiger partial charge in [0.1, 0.15) is 17.6 Å². The number of hydrogen-bond acceptors (Lipinski definition) is 4. The molecule has 1 rings (SSSR count). The van der Waals surface area contributed by atoms with E-state index >= 15 is 0 Å². The summed E-state index contributed by atoms with van der Waals surface area (Å²) in [7, 11) is 0. The highest BCUT2D eigenvalue weighted by molar-refractivity contribution is 6.32. The largest absolute Gasteiger partial charge is 0.489 e. The molecule has 0 amide bonds. The Balaban J connectivity index is 2.79. The number of halogens is 1. The van der Waals surface area contributed by atoms with Crippen LogP contribution in [0.25, 0.3) is 0 Å². The smallest absolute Gasteiger partial charge is 0.271 e. The van der Waals surface area contributed by atoms with E-state index in [1.807, 2.05) is 0 Å². The molecule has 0 saturated carbocycles. The van der Waals surface area contributed by atoms with Gasteiger partial charge in [0.05, 0.1) is 9.95 Å². The van der Waals surface area contributed by atoms with E-state index in [0.29, 0.717) is 5.75 Å². The predicted molar refractivity (Wildman–Crippen MR) is 63.5 cm³/mol. The van der Waals surface area contributed by atoms with Crippen LogP contribution in [-0.4, -0.2) is 16.8 Å². The molecule has 0 radical (unpaired) electrons. The van der Waals surface area contributed by atoms with E-state index in [4.69, 9.17) is 16.3 Å². The highest BCUT2D eigenvalue weighted by Gasteiger charge is 2.13. The van der Waals surface area contributed by atoms with Gasteiger partial charge in [-0.05, 0) is 19.9 Å². The summed E-state index contributed by atoms with van der Waals surface area (Å²) in [5, 5.41) is 10.7. The van der Waals surface area contributed by atoms with E-state index in [2.05, 4.69) is 0 Å². The number of ketones is 1. The fourth-order valence-electron chi connectivity index (χ4n) is 1.36. The summed E-state index contributed by atoms with van der Waals surface area (Å²) < 4.78 is 5.42. The van der Waals surface area contributed by atoms with Gasteiger partial charge in [0.25, 0.3) is 5.69 Å². The highest BCUT2D eigenvalue weighted by atomic mass is 35.5. The standard InChI is InChI=1S/C11H12ClNO4/c1-7(14)5-8(2)17-11-4-3-9(13(15)16)6-10(11)12/h3-4,6,8H,5H2,1-2H3. The Hall–Kier alpha value is -1.62. The highest BCUT2D eigenvalue weighted by Crippen LogP contribution is 2.29. The molecule has 0 aliphatic carbocycles. The lowest BCUT2D eigenvalue weighted by atomic mass is 10.2. The van der Waals surface area contributed by atoms with Gasteiger partial charge in [-0.1, -0.05) is 11.6 Å². The first kappa shape index (κ1) is 13.4. The zero-order chi connectivity index (χ0) is 13.0. The van der Waals surface area contributed by atoms with Gasteiger partial charge in [-0.3, -0.25) is 14.9 Å². The Bertz CT molecular complexity index is 447. The first-order chi connectivity index (χ1) is 7.90. The molecule has 1 aromatic carbocycles. The average molecular weight is 258 g/mol. The van der Waals surface area contributed by atoms with Gasteiger partial charge in [0, 0.05) is 18.6 Å². The Morgan fingerprint density at radius 3 is 2.71 bits per heavy atom. The third-order valence-electron chi connectivity index (χ3n) is 2.03. The van der Waals surface area contributed by atoms with Crippen LogP contribution in [0.3, 0.4) is 0 Å². The minimum absolute atomic E-state index is 0.00975. The molecule has 0 aliphatic heterocycles. The SMILES string of the molecule is CC(=O)CC(C)Oc1ccc([N+](=O)[O-])cc1Cl. The van der Waals surface area contributed by atoms with Crippen LogP contribution in [0.4, 0.5) is 5.69 Å². The van der Waals surface area contributed by atoms with Gasteiger partial charge < -0.3 is 4.74 Å². The molecule has 0 aliphatic rings. The molecule has 0 spiro atoms. The molecule has 0 saturated heterocycles. The van der Waals surface area contributed by atoms with Crippen molar-refractivity contribution in [3.63, 3.8) is 0 Å². The number of Topliss-reactive ketones (excluding diaryl/α,β-unsaturated/α-hetero) is 1. The number of carbonyl (C=O) groups is 1. The Labute approximate surface area is 103 Å². The predicted octanol–water partition coefficient (Wildman–Crippen LogP) is 2.99. The third-order valence-corrected chi connectivity index (χ3v) is 2.32. The van der Waals surface area contributed by atoms with Crippen molar-refractivity contribution in [3.05, 3.63) is 33.3 Å². The van der Waals surface area contributed by atoms with Crippen LogP contribution in [0.5, 0.6) is 5.75 Å². The summed E-state index contributed by atoms with van der Waals surface area (Å²) in [6.07, 6.45) is -0.0423. The molecule has 1 aromatic rings. The average Bonchev–Trinajstić information content (AvgIpc) is 2.19. The third kappa shape index (κ3) is 4.03. The topological polar surface area (TPSA) is 69.4 Å². The van der Waals surface area contributed by atoms with Gasteiger partial charge in [0.2, 0.25) is 0 Å². The van der Waals surface area contributed by atoms with Crippen LogP contribution in [-0.2, 0) is 4.79 Å². The van der Waals surface area contributed by atoms with Crippen molar-refractivity contribution in [2.75, 3.05) is 0 Å². The van der Waals surface area contributed by atoms with E-state index in [-0.39, 0.29) is 29.0 Å². The number of non-ortho nitro benzene ring substituents is 1. The zero-order valence-electron chi connectivity index (χ0n) is 9.47. The van der Waals surface area contributed by atoms with Crippen molar-refractivity contribution in [1.82, 2.24) is 0 Å². The number of hydrogen-bond donors (Lipinski definition) is 0. The first-order valence-corrected chi connectivity index (χ1v) is 5.38. The molecule has 1 unspecified atom stereocenters. The molecule has 17 heavy (non-hydrogen) atoms. The van der Waals surface area contributed by atoms with Crippen LogP contribution in [0.15, 0.2) is 18.2 Å².